The predicted molar refractivity (Wildman–Crippen MR) is 93.1 cm³/mol. The average molecular weight is 346 g/mol. The Hall–Kier alpha value is -1.73. The molecule has 0 bridgehead atoms. The molecular formula is C18H22N2O3S. The number of rotatable bonds is 6. The van der Waals surface area contributed by atoms with Crippen LogP contribution < -0.4 is 4.72 Å². The molecule has 2 aromatic rings. The molecular weight excluding hydrogens is 324 g/mol. The highest BCUT2D eigenvalue weighted by Gasteiger charge is 2.23. The molecule has 5 nitrogen and oxygen atoms in total. The second kappa shape index (κ2) is 7.90. The third kappa shape index (κ3) is 4.64. The predicted octanol–water partition coefficient (Wildman–Crippen LogP) is 1.87. The van der Waals surface area contributed by atoms with Gasteiger partial charge >= 0.3 is 0 Å². The SMILES string of the molecule is O=S(=O)(NC[C@@H]1CN(Cc2ccccc2)CCO1)c1ccccc1. The molecule has 1 heterocycles. The molecule has 1 fully saturated rings. The highest BCUT2D eigenvalue weighted by Crippen LogP contribution is 2.12. The molecule has 0 saturated carbocycles. The van der Waals surface area contributed by atoms with Crippen molar-refractivity contribution in [2.45, 2.75) is 17.5 Å². The molecule has 0 aliphatic carbocycles. The molecule has 1 saturated heterocycles. The molecule has 0 unspecified atom stereocenters. The number of ether oxygens (including phenoxy) is 1. The number of hydrogen-bond donors (Lipinski definition) is 1. The van der Waals surface area contributed by atoms with Crippen LogP contribution in [0.2, 0.25) is 0 Å². The summed E-state index contributed by atoms with van der Waals surface area (Å²) in [6.07, 6.45) is -0.138. The fourth-order valence-corrected chi connectivity index (χ4v) is 3.86. The third-order valence-corrected chi connectivity index (χ3v) is 5.47. The number of morpholine rings is 1. The minimum absolute atomic E-state index is 0.138. The first-order valence-corrected chi connectivity index (χ1v) is 9.54. The van der Waals surface area contributed by atoms with Crippen LogP contribution in [-0.2, 0) is 21.3 Å². The van der Waals surface area contributed by atoms with Crippen LogP contribution in [-0.4, -0.2) is 45.7 Å². The van der Waals surface area contributed by atoms with Crippen LogP contribution in [0.5, 0.6) is 0 Å². The monoisotopic (exact) mass is 346 g/mol. The molecule has 1 atom stereocenters. The maximum atomic E-state index is 12.3. The Balaban J connectivity index is 1.54. The highest BCUT2D eigenvalue weighted by atomic mass is 32.2. The second-order valence-electron chi connectivity index (χ2n) is 5.88. The summed E-state index contributed by atoms with van der Waals surface area (Å²) < 4.78 is 32.9. The Morgan fingerprint density at radius 2 is 1.71 bits per heavy atom. The zero-order valence-corrected chi connectivity index (χ0v) is 14.3. The fraction of sp³-hybridized carbons (Fsp3) is 0.333. The van der Waals surface area contributed by atoms with E-state index in [0.29, 0.717) is 13.2 Å². The quantitative estimate of drug-likeness (QED) is 0.867. The molecule has 1 N–H and O–H groups in total. The van der Waals surface area contributed by atoms with Crippen LogP contribution in [0.4, 0.5) is 0 Å². The molecule has 0 amide bonds. The Morgan fingerprint density at radius 1 is 1.04 bits per heavy atom. The lowest BCUT2D eigenvalue weighted by molar-refractivity contribution is -0.0276. The van der Waals surface area contributed by atoms with Crippen molar-refractivity contribution in [3.8, 4) is 0 Å². The minimum Gasteiger partial charge on any atom is -0.374 e. The lowest BCUT2D eigenvalue weighted by Crippen LogP contribution is -2.47. The molecule has 24 heavy (non-hydrogen) atoms. The summed E-state index contributed by atoms with van der Waals surface area (Å²) in [7, 11) is -3.48. The number of nitrogens with one attached hydrogen (secondary N) is 1. The van der Waals surface area contributed by atoms with Crippen molar-refractivity contribution in [2.24, 2.45) is 0 Å². The zero-order chi connectivity index (χ0) is 16.8. The van der Waals surface area contributed by atoms with Crippen LogP contribution in [0.1, 0.15) is 5.56 Å². The summed E-state index contributed by atoms with van der Waals surface area (Å²) in [4.78, 5) is 2.57. The van der Waals surface area contributed by atoms with E-state index in [1.807, 2.05) is 18.2 Å². The van der Waals surface area contributed by atoms with Crippen LogP contribution in [0.15, 0.2) is 65.6 Å². The van der Waals surface area contributed by atoms with Gasteiger partial charge in [0.1, 0.15) is 0 Å². The van der Waals surface area contributed by atoms with E-state index >= 15 is 0 Å². The fourth-order valence-electron chi connectivity index (χ4n) is 2.77. The van der Waals surface area contributed by atoms with Gasteiger partial charge in [-0.3, -0.25) is 4.90 Å². The molecule has 3 rings (SSSR count). The maximum absolute atomic E-state index is 12.3. The van der Waals surface area contributed by atoms with Crippen molar-refractivity contribution in [2.75, 3.05) is 26.2 Å². The maximum Gasteiger partial charge on any atom is 0.240 e. The van der Waals surface area contributed by atoms with E-state index in [4.69, 9.17) is 4.74 Å². The molecule has 1 aliphatic heterocycles. The molecule has 1 aliphatic rings. The van der Waals surface area contributed by atoms with Crippen molar-refractivity contribution >= 4 is 10.0 Å². The van der Waals surface area contributed by atoms with E-state index in [-0.39, 0.29) is 17.5 Å². The van der Waals surface area contributed by atoms with Crippen LogP contribution in [0.3, 0.4) is 0 Å². The van der Waals surface area contributed by atoms with Crippen molar-refractivity contribution in [3.63, 3.8) is 0 Å². The van der Waals surface area contributed by atoms with Gasteiger partial charge in [-0.1, -0.05) is 48.5 Å². The van der Waals surface area contributed by atoms with Crippen LogP contribution >= 0.6 is 0 Å². The Kier molecular flexibility index (Phi) is 5.63. The van der Waals surface area contributed by atoms with Gasteiger partial charge in [0, 0.05) is 26.2 Å². The topological polar surface area (TPSA) is 58.6 Å². The highest BCUT2D eigenvalue weighted by molar-refractivity contribution is 7.89. The first-order valence-electron chi connectivity index (χ1n) is 8.06. The van der Waals surface area contributed by atoms with Crippen molar-refractivity contribution in [3.05, 3.63) is 66.2 Å². The molecule has 6 heteroatoms. The van der Waals surface area contributed by atoms with E-state index in [9.17, 15) is 8.42 Å². The van der Waals surface area contributed by atoms with E-state index in [0.717, 1.165) is 13.1 Å². The molecule has 0 aromatic heterocycles. The number of benzene rings is 2. The van der Waals surface area contributed by atoms with Gasteiger partial charge in [0.25, 0.3) is 0 Å². The van der Waals surface area contributed by atoms with Gasteiger partial charge < -0.3 is 4.74 Å². The van der Waals surface area contributed by atoms with Gasteiger partial charge in [-0.2, -0.15) is 0 Å². The Bertz CT molecular complexity index is 735. The number of sulfonamides is 1. The third-order valence-electron chi connectivity index (χ3n) is 4.03. The van der Waals surface area contributed by atoms with Crippen LogP contribution in [0, 0.1) is 0 Å². The minimum atomic E-state index is -3.48. The molecule has 0 radical (unpaired) electrons. The van der Waals surface area contributed by atoms with Crippen molar-refractivity contribution in [1.29, 1.82) is 0 Å². The van der Waals surface area contributed by atoms with Crippen LogP contribution in [0.25, 0.3) is 0 Å². The number of nitrogens with zero attached hydrogens (tertiary/aromatic N) is 1. The van der Waals surface area contributed by atoms with Gasteiger partial charge in [0.05, 0.1) is 17.6 Å². The first-order chi connectivity index (χ1) is 11.6. The second-order valence-corrected chi connectivity index (χ2v) is 7.65. The van der Waals surface area contributed by atoms with E-state index in [1.54, 1.807) is 30.3 Å². The van der Waals surface area contributed by atoms with E-state index < -0.39 is 10.0 Å². The lowest BCUT2D eigenvalue weighted by atomic mass is 10.2. The average Bonchev–Trinajstić information content (AvgIpc) is 2.62. The molecule has 0 spiro atoms. The standard InChI is InChI=1S/C18H22N2O3S/c21-24(22,18-9-5-2-6-10-18)19-13-17-15-20(11-12-23-17)14-16-7-3-1-4-8-16/h1-10,17,19H,11-15H2/t17-/m1/s1. The lowest BCUT2D eigenvalue weighted by Gasteiger charge is -2.33. The smallest absolute Gasteiger partial charge is 0.240 e. The van der Waals surface area contributed by atoms with Crippen molar-refractivity contribution < 1.29 is 13.2 Å². The number of hydrogen-bond acceptors (Lipinski definition) is 4. The molecule has 2 aromatic carbocycles. The van der Waals surface area contributed by atoms with Gasteiger partial charge in [-0.15, -0.1) is 0 Å². The Morgan fingerprint density at radius 3 is 2.42 bits per heavy atom. The normalized spacial score (nSPS) is 19.2. The largest absolute Gasteiger partial charge is 0.374 e. The van der Waals surface area contributed by atoms with Gasteiger partial charge in [0.2, 0.25) is 10.0 Å². The zero-order valence-electron chi connectivity index (χ0n) is 13.5. The summed E-state index contributed by atoms with van der Waals surface area (Å²) in [5.74, 6) is 0. The first kappa shape index (κ1) is 17.1. The molecule has 128 valence electrons. The summed E-state index contributed by atoms with van der Waals surface area (Å²) in [6.45, 7) is 3.32. The van der Waals surface area contributed by atoms with Gasteiger partial charge in [-0.25, -0.2) is 13.1 Å². The van der Waals surface area contributed by atoms with Gasteiger partial charge in [0.15, 0.2) is 0 Å². The summed E-state index contributed by atoms with van der Waals surface area (Å²) in [6, 6.07) is 18.7. The van der Waals surface area contributed by atoms with Gasteiger partial charge in [-0.05, 0) is 17.7 Å². The summed E-state index contributed by atoms with van der Waals surface area (Å²) in [5.41, 5.74) is 1.25. The Labute approximate surface area is 143 Å². The van der Waals surface area contributed by atoms with E-state index in [1.165, 1.54) is 5.56 Å². The van der Waals surface area contributed by atoms with Crippen molar-refractivity contribution in [1.82, 2.24) is 9.62 Å². The summed E-state index contributed by atoms with van der Waals surface area (Å²) in [5, 5.41) is 0. The van der Waals surface area contributed by atoms with E-state index in [2.05, 4.69) is 21.8 Å². The summed E-state index contributed by atoms with van der Waals surface area (Å²) >= 11 is 0.